The molecule has 0 aliphatic heterocycles. The summed E-state index contributed by atoms with van der Waals surface area (Å²) < 4.78 is 5.54. The van der Waals surface area contributed by atoms with Crippen molar-refractivity contribution in [1.29, 1.82) is 0 Å². The summed E-state index contributed by atoms with van der Waals surface area (Å²) in [6.07, 6.45) is 2.54. The maximum Gasteiger partial charge on any atom is 0.407 e. The second-order valence-corrected chi connectivity index (χ2v) is 9.05. The van der Waals surface area contributed by atoms with Gasteiger partial charge in [0.25, 0.3) is 0 Å². The van der Waals surface area contributed by atoms with Gasteiger partial charge in [-0.25, -0.2) is 9.59 Å². The third-order valence-corrected chi connectivity index (χ3v) is 6.41. The Balaban J connectivity index is 1.23. The van der Waals surface area contributed by atoms with Crippen LogP contribution in [0.2, 0.25) is 0 Å². The average molecular weight is 451 g/mol. The second kappa shape index (κ2) is 10.1. The lowest BCUT2D eigenvalue weighted by Crippen LogP contribution is -2.42. The van der Waals surface area contributed by atoms with Crippen LogP contribution in [0.1, 0.15) is 56.1 Å². The fourth-order valence-electron chi connectivity index (χ4n) is 4.44. The molecule has 33 heavy (non-hydrogen) atoms. The fraction of sp³-hybridized carbons (Fsp3) is 0.423. The quantitative estimate of drug-likeness (QED) is 0.506. The van der Waals surface area contributed by atoms with E-state index in [1.54, 1.807) is 6.92 Å². The normalized spacial score (nSPS) is 16.3. The van der Waals surface area contributed by atoms with Crippen LogP contribution in [0.3, 0.4) is 0 Å². The Morgan fingerprint density at radius 1 is 1.00 bits per heavy atom. The first-order chi connectivity index (χ1) is 15.9. The number of ether oxygens (including phenoxy) is 1. The van der Waals surface area contributed by atoms with Crippen molar-refractivity contribution in [1.82, 2.24) is 10.6 Å². The molecule has 3 N–H and O–H groups in total. The zero-order valence-corrected chi connectivity index (χ0v) is 18.8. The lowest BCUT2D eigenvalue weighted by molar-refractivity contribution is -0.142. The Bertz CT molecular complexity index is 987. The van der Waals surface area contributed by atoms with Crippen LogP contribution in [0, 0.1) is 5.92 Å². The smallest absolute Gasteiger partial charge is 0.407 e. The predicted octanol–water partition coefficient (Wildman–Crippen LogP) is 4.06. The van der Waals surface area contributed by atoms with E-state index in [4.69, 9.17) is 4.74 Å². The van der Waals surface area contributed by atoms with Crippen molar-refractivity contribution in [2.24, 2.45) is 5.92 Å². The number of rotatable bonds is 10. The molecule has 2 aliphatic rings. The van der Waals surface area contributed by atoms with E-state index in [2.05, 4.69) is 34.9 Å². The molecule has 2 aliphatic carbocycles. The van der Waals surface area contributed by atoms with Crippen molar-refractivity contribution in [2.45, 2.75) is 57.0 Å². The Kier molecular flexibility index (Phi) is 6.96. The summed E-state index contributed by atoms with van der Waals surface area (Å²) >= 11 is 0. The van der Waals surface area contributed by atoms with Crippen molar-refractivity contribution in [3.05, 3.63) is 59.7 Å². The number of aliphatic carboxylic acids is 1. The van der Waals surface area contributed by atoms with E-state index in [1.165, 1.54) is 11.1 Å². The number of amides is 2. The zero-order valence-electron chi connectivity index (χ0n) is 18.8. The third-order valence-electron chi connectivity index (χ3n) is 6.41. The largest absolute Gasteiger partial charge is 0.480 e. The number of carboxylic acids is 1. The number of benzene rings is 2. The highest BCUT2D eigenvalue weighted by Gasteiger charge is 2.31. The Morgan fingerprint density at radius 2 is 1.61 bits per heavy atom. The van der Waals surface area contributed by atoms with Crippen LogP contribution < -0.4 is 10.6 Å². The van der Waals surface area contributed by atoms with Crippen molar-refractivity contribution >= 4 is 18.0 Å². The van der Waals surface area contributed by atoms with Crippen molar-refractivity contribution in [3.63, 3.8) is 0 Å². The van der Waals surface area contributed by atoms with E-state index in [1.807, 2.05) is 24.3 Å². The maximum absolute atomic E-state index is 12.4. The van der Waals surface area contributed by atoms with Gasteiger partial charge < -0.3 is 20.5 Å². The Labute approximate surface area is 193 Å². The van der Waals surface area contributed by atoms with E-state index in [0.717, 1.165) is 24.0 Å². The first-order valence-electron chi connectivity index (χ1n) is 11.6. The summed E-state index contributed by atoms with van der Waals surface area (Å²) in [6.45, 7) is 2.03. The molecule has 0 saturated heterocycles. The van der Waals surface area contributed by atoms with Gasteiger partial charge in [0.05, 0.1) is 0 Å². The predicted molar refractivity (Wildman–Crippen MR) is 124 cm³/mol. The number of carboxylic acid groups (broad SMARTS) is 1. The van der Waals surface area contributed by atoms with Gasteiger partial charge in [-0.15, -0.1) is 0 Å². The maximum atomic E-state index is 12.4. The van der Waals surface area contributed by atoms with Gasteiger partial charge in [0, 0.05) is 18.4 Å². The molecule has 7 nitrogen and oxygen atoms in total. The molecule has 1 saturated carbocycles. The summed E-state index contributed by atoms with van der Waals surface area (Å²) in [5.74, 6) is -0.923. The van der Waals surface area contributed by atoms with Crippen LogP contribution in [-0.4, -0.2) is 41.8 Å². The van der Waals surface area contributed by atoms with Crippen LogP contribution in [0.5, 0.6) is 0 Å². The highest BCUT2D eigenvalue weighted by Crippen LogP contribution is 2.44. The summed E-state index contributed by atoms with van der Waals surface area (Å²) in [4.78, 5) is 35.9. The number of fused-ring (bicyclic) bond motifs is 3. The standard InChI is InChI=1S/C26H30N2O5/c1-16(10-13-24(29)28-23(25(30)31)14-17-11-12-17)27-26(32)33-15-22-20-8-4-2-6-18(20)19-7-3-5-9-21(19)22/h2-9,16-17,22-23H,10-15H2,1H3,(H,27,32)(H,28,29)(H,30,31)/t16?,23-/m0/s1. The Hall–Kier alpha value is -3.35. The number of alkyl carbamates (subject to hydrolysis) is 1. The molecule has 2 aromatic rings. The SMILES string of the molecule is CC(CCC(=O)N[C@@H](CC1CC1)C(=O)O)NC(=O)OCC1c2ccccc2-c2ccccc21. The zero-order chi connectivity index (χ0) is 23.4. The van der Waals surface area contributed by atoms with Crippen molar-refractivity contribution in [3.8, 4) is 11.1 Å². The van der Waals surface area contributed by atoms with Crippen LogP contribution in [0.25, 0.3) is 11.1 Å². The van der Waals surface area contributed by atoms with Gasteiger partial charge in [0.1, 0.15) is 12.6 Å². The number of hydrogen-bond acceptors (Lipinski definition) is 4. The summed E-state index contributed by atoms with van der Waals surface area (Å²) in [5, 5.41) is 14.6. The molecule has 0 bridgehead atoms. The molecule has 2 aromatic carbocycles. The molecule has 0 spiro atoms. The molecule has 2 atom stereocenters. The summed E-state index contributed by atoms with van der Waals surface area (Å²) in [7, 11) is 0. The third kappa shape index (κ3) is 5.72. The highest BCUT2D eigenvalue weighted by molar-refractivity contribution is 5.83. The summed E-state index contributed by atoms with van der Waals surface area (Å²) in [6, 6.07) is 15.2. The van der Waals surface area contributed by atoms with E-state index < -0.39 is 18.1 Å². The lowest BCUT2D eigenvalue weighted by atomic mass is 9.98. The highest BCUT2D eigenvalue weighted by atomic mass is 16.5. The molecule has 1 unspecified atom stereocenters. The van der Waals surface area contributed by atoms with Gasteiger partial charge in [-0.1, -0.05) is 61.4 Å². The molecule has 0 heterocycles. The van der Waals surface area contributed by atoms with Crippen LogP contribution >= 0.6 is 0 Å². The molecule has 174 valence electrons. The lowest BCUT2D eigenvalue weighted by Gasteiger charge is -2.18. The van der Waals surface area contributed by atoms with Crippen LogP contribution in [-0.2, 0) is 14.3 Å². The number of carbonyl (C=O) groups is 3. The van der Waals surface area contributed by atoms with Gasteiger partial charge in [0.2, 0.25) is 5.91 Å². The van der Waals surface area contributed by atoms with Crippen molar-refractivity contribution in [2.75, 3.05) is 6.61 Å². The van der Waals surface area contributed by atoms with Crippen LogP contribution in [0.4, 0.5) is 4.79 Å². The molecule has 2 amide bonds. The number of nitrogens with one attached hydrogen (secondary N) is 2. The van der Waals surface area contributed by atoms with Gasteiger partial charge in [-0.2, -0.15) is 0 Å². The van der Waals surface area contributed by atoms with E-state index in [-0.39, 0.29) is 30.9 Å². The first kappa shape index (κ1) is 22.8. The second-order valence-electron chi connectivity index (χ2n) is 9.05. The summed E-state index contributed by atoms with van der Waals surface area (Å²) in [5.41, 5.74) is 4.64. The Morgan fingerprint density at radius 3 is 2.18 bits per heavy atom. The van der Waals surface area contributed by atoms with E-state index in [9.17, 15) is 19.5 Å². The van der Waals surface area contributed by atoms with Gasteiger partial charge in [-0.05, 0) is 47.9 Å². The van der Waals surface area contributed by atoms with E-state index >= 15 is 0 Å². The minimum Gasteiger partial charge on any atom is -0.480 e. The first-order valence-corrected chi connectivity index (χ1v) is 11.6. The molecular formula is C26H30N2O5. The van der Waals surface area contributed by atoms with E-state index in [0.29, 0.717) is 18.8 Å². The molecule has 4 rings (SSSR count). The minimum absolute atomic E-state index is 0.0105. The molecular weight excluding hydrogens is 420 g/mol. The molecule has 0 aromatic heterocycles. The van der Waals surface area contributed by atoms with Gasteiger partial charge >= 0.3 is 12.1 Å². The molecule has 1 fully saturated rings. The molecule has 0 radical (unpaired) electrons. The number of hydrogen-bond donors (Lipinski definition) is 3. The monoisotopic (exact) mass is 450 g/mol. The van der Waals surface area contributed by atoms with Crippen molar-refractivity contribution < 1.29 is 24.2 Å². The van der Waals surface area contributed by atoms with Gasteiger partial charge in [0.15, 0.2) is 0 Å². The van der Waals surface area contributed by atoms with Gasteiger partial charge in [-0.3, -0.25) is 4.79 Å². The topological polar surface area (TPSA) is 105 Å². The number of carbonyl (C=O) groups excluding carboxylic acids is 2. The average Bonchev–Trinajstić information content (AvgIpc) is 3.56. The molecule has 7 heteroatoms. The fourth-order valence-corrected chi connectivity index (χ4v) is 4.44. The van der Waals surface area contributed by atoms with Crippen LogP contribution in [0.15, 0.2) is 48.5 Å². The minimum atomic E-state index is -1.000.